The maximum Gasteiger partial charge on any atom is 0.229 e. The van der Waals surface area contributed by atoms with Crippen molar-refractivity contribution >= 4 is 17.5 Å². The van der Waals surface area contributed by atoms with Crippen molar-refractivity contribution in [2.45, 2.75) is 32.8 Å². The fourth-order valence-corrected chi connectivity index (χ4v) is 2.76. The highest BCUT2D eigenvalue weighted by Gasteiger charge is 2.26. The SMILES string of the molecule is Cc1noc(Cl)c1CC(=O)N1CCN(CC(C)(C)O)CC1. The third kappa shape index (κ3) is 4.43. The molecule has 0 aliphatic carbocycles. The minimum atomic E-state index is -0.709. The molecule has 0 bridgehead atoms. The van der Waals surface area contributed by atoms with Gasteiger partial charge >= 0.3 is 0 Å². The van der Waals surface area contributed by atoms with Crippen LogP contribution in [0.15, 0.2) is 4.52 Å². The summed E-state index contributed by atoms with van der Waals surface area (Å²) in [5.74, 6) is 0.0334. The number of carbonyl (C=O) groups excluding carboxylic acids is 1. The molecule has 0 radical (unpaired) electrons. The lowest BCUT2D eigenvalue weighted by Crippen LogP contribution is -2.52. The Kier molecular flexibility index (Phi) is 4.91. The number of aliphatic hydroxyl groups is 1. The highest BCUT2D eigenvalue weighted by atomic mass is 35.5. The zero-order valence-electron chi connectivity index (χ0n) is 12.7. The molecule has 2 heterocycles. The van der Waals surface area contributed by atoms with Gasteiger partial charge in [-0.15, -0.1) is 0 Å². The Morgan fingerprint density at radius 3 is 2.48 bits per heavy atom. The third-order valence-electron chi connectivity index (χ3n) is 3.60. The number of piperazine rings is 1. The molecule has 7 heteroatoms. The summed E-state index contributed by atoms with van der Waals surface area (Å²) in [5.41, 5.74) is 0.619. The molecule has 2 rings (SSSR count). The van der Waals surface area contributed by atoms with Crippen molar-refractivity contribution in [1.29, 1.82) is 0 Å². The van der Waals surface area contributed by atoms with E-state index < -0.39 is 5.60 Å². The molecule has 1 saturated heterocycles. The molecule has 1 aromatic heterocycles. The van der Waals surface area contributed by atoms with Gasteiger partial charge in [-0.25, -0.2) is 0 Å². The van der Waals surface area contributed by atoms with Crippen molar-refractivity contribution in [3.05, 3.63) is 16.5 Å². The smallest absolute Gasteiger partial charge is 0.229 e. The second-order valence-electron chi connectivity index (χ2n) is 6.17. The van der Waals surface area contributed by atoms with Gasteiger partial charge in [-0.1, -0.05) is 5.16 Å². The molecule has 0 spiro atoms. The lowest BCUT2D eigenvalue weighted by atomic mass is 10.1. The number of aromatic nitrogens is 1. The van der Waals surface area contributed by atoms with Crippen molar-refractivity contribution in [2.75, 3.05) is 32.7 Å². The van der Waals surface area contributed by atoms with E-state index >= 15 is 0 Å². The minimum Gasteiger partial charge on any atom is -0.389 e. The van der Waals surface area contributed by atoms with Crippen LogP contribution in [0.2, 0.25) is 5.22 Å². The zero-order chi connectivity index (χ0) is 15.6. The van der Waals surface area contributed by atoms with Crippen LogP contribution in [-0.2, 0) is 11.2 Å². The lowest BCUT2D eigenvalue weighted by molar-refractivity contribution is -0.132. The maximum absolute atomic E-state index is 12.3. The number of halogens is 1. The molecule has 21 heavy (non-hydrogen) atoms. The molecule has 1 fully saturated rings. The van der Waals surface area contributed by atoms with Crippen LogP contribution in [0.25, 0.3) is 0 Å². The monoisotopic (exact) mass is 315 g/mol. The first kappa shape index (κ1) is 16.3. The number of hydrogen-bond donors (Lipinski definition) is 1. The van der Waals surface area contributed by atoms with E-state index in [1.807, 2.05) is 4.90 Å². The van der Waals surface area contributed by atoms with Crippen molar-refractivity contribution in [2.24, 2.45) is 0 Å². The number of β-amino-alcohol motifs (C(OH)–C–C–N with tert-alkyl or cyclic N) is 1. The van der Waals surface area contributed by atoms with E-state index in [9.17, 15) is 9.90 Å². The van der Waals surface area contributed by atoms with Gasteiger partial charge in [0, 0.05) is 38.3 Å². The molecule has 6 nitrogen and oxygen atoms in total. The van der Waals surface area contributed by atoms with Crippen LogP contribution < -0.4 is 0 Å². The average molecular weight is 316 g/mol. The molecule has 0 atom stereocenters. The molecule has 1 amide bonds. The van der Waals surface area contributed by atoms with E-state index in [4.69, 9.17) is 16.1 Å². The standard InChI is InChI=1S/C14H22ClN3O3/c1-10-11(13(15)21-16-10)8-12(19)18-6-4-17(5-7-18)9-14(2,3)20/h20H,4-9H2,1-3H3. The predicted molar refractivity (Wildman–Crippen MR) is 79.3 cm³/mol. The van der Waals surface area contributed by atoms with Gasteiger partial charge in [0.15, 0.2) is 0 Å². The molecular weight excluding hydrogens is 294 g/mol. The van der Waals surface area contributed by atoms with Gasteiger partial charge < -0.3 is 14.5 Å². The van der Waals surface area contributed by atoms with E-state index in [1.54, 1.807) is 20.8 Å². The lowest BCUT2D eigenvalue weighted by Gasteiger charge is -2.37. The van der Waals surface area contributed by atoms with Gasteiger partial charge in [-0.05, 0) is 32.4 Å². The molecule has 1 N–H and O–H groups in total. The molecule has 1 aromatic rings. The fraction of sp³-hybridized carbons (Fsp3) is 0.714. The number of rotatable bonds is 4. The summed E-state index contributed by atoms with van der Waals surface area (Å²) in [6, 6.07) is 0. The largest absolute Gasteiger partial charge is 0.389 e. The van der Waals surface area contributed by atoms with Crippen molar-refractivity contribution in [1.82, 2.24) is 15.0 Å². The van der Waals surface area contributed by atoms with Gasteiger partial charge in [0.05, 0.1) is 17.7 Å². The summed E-state index contributed by atoms with van der Waals surface area (Å²) in [7, 11) is 0. The molecule has 0 aromatic carbocycles. The third-order valence-corrected chi connectivity index (χ3v) is 3.90. The Bertz CT molecular complexity index is 483. The van der Waals surface area contributed by atoms with Crippen molar-refractivity contribution in [3.8, 4) is 0 Å². The predicted octanol–water partition coefficient (Wildman–Crippen LogP) is 1.09. The summed E-state index contributed by atoms with van der Waals surface area (Å²) in [6.07, 6.45) is 0.222. The highest BCUT2D eigenvalue weighted by Crippen LogP contribution is 2.20. The minimum absolute atomic E-state index is 0.0334. The molecule has 0 unspecified atom stereocenters. The van der Waals surface area contributed by atoms with Gasteiger partial charge in [0.1, 0.15) is 0 Å². The molecule has 0 saturated carbocycles. The van der Waals surface area contributed by atoms with Crippen LogP contribution in [0.1, 0.15) is 25.1 Å². The van der Waals surface area contributed by atoms with Crippen molar-refractivity contribution < 1.29 is 14.4 Å². The number of hydrogen-bond acceptors (Lipinski definition) is 5. The first-order valence-corrected chi connectivity index (χ1v) is 7.47. The Hall–Kier alpha value is -1.11. The number of aryl methyl sites for hydroxylation is 1. The first-order valence-electron chi connectivity index (χ1n) is 7.09. The molecular formula is C14H22ClN3O3. The van der Waals surface area contributed by atoms with E-state index in [1.165, 1.54) is 0 Å². The first-order chi connectivity index (χ1) is 9.76. The van der Waals surface area contributed by atoms with Gasteiger partial charge in [0.2, 0.25) is 11.1 Å². The normalized spacial score (nSPS) is 17.3. The topological polar surface area (TPSA) is 69.8 Å². The summed E-state index contributed by atoms with van der Waals surface area (Å²) in [6.45, 7) is 8.85. The second kappa shape index (κ2) is 6.34. The maximum atomic E-state index is 12.3. The average Bonchev–Trinajstić information content (AvgIpc) is 2.69. The van der Waals surface area contributed by atoms with Gasteiger partial charge in [-0.3, -0.25) is 9.69 Å². The quantitative estimate of drug-likeness (QED) is 0.901. The summed E-state index contributed by atoms with van der Waals surface area (Å²) in [4.78, 5) is 16.3. The Balaban J connectivity index is 1.86. The van der Waals surface area contributed by atoms with Crippen LogP contribution in [0.4, 0.5) is 0 Å². The Labute approximate surface area is 129 Å². The van der Waals surface area contributed by atoms with Crippen LogP contribution in [0.3, 0.4) is 0 Å². The van der Waals surface area contributed by atoms with Crippen LogP contribution in [-0.4, -0.2) is 64.3 Å². The number of carbonyl (C=O) groups is 1. The molecule has 1 aliphatic heterocycles. The van der Waals surface area contributed by atoms with E-state index in [0.717, 1.165) is 13.1 Å². The van der Waals surface area contributed by atoms with Crippen LogP contribution in [0.5, 0.6) is 0 Å². The Morgan fingerprint density at radius 2 is 2.00 bits per heavy atom. The van der Waals surface area contributed by atoms with E-state index in [-0.39, 0.29) is 17.5 Å². The second-order valence-corrected chi connectivity index (χ2v) is 6.51. The van der Waals surface area contributed by atoms with Crippen LogP contribution >= 0.6 is 11.6 Å². The fourth-order valence-electron chi connectivity index (χ4n) is 2.52. The molecule has 118 valence electrons. The Morgan fingerprint density at radius 1 is 1.38 bits per heavy atom. The summed E-state index contributed by atoms with van der Waals surface area (Å²) >= 11 is 5.89. The molecule has 1 aliphatic rings. The van der Waals surface area contributed by atoms with Gasteiger partial charge in [0.25, 0.3) is 0 Å². The van der Waals surface area contributed by atoms with E-state index in [0.29, 0.717) is 30.9 Å². The van der Waals surface area contributed by atoms with E-state index in [2.05, 4.69) is 10.1 Å². The number of nitrogens with zero attached hydrogens (tertiary/aromatic N) is 3. The van der Waals surface area contributed by atoms with Crippen molar-refractivity contribution in [3.63, 3.8) is 0 Å². The number of amides is 1. The zero-order valence-corrected chi connectivity index (χ0v) is 13.5. The highest BCUT2D eigenvalue weighted by molar-refractivity contribution is 6.29. The van der Waals surface area contributed by atoms with Gasteiger partial charge in [-0.2, -0.15) is 0 Å². The summed E-state index contributed by atoms with van der Waals surface area (Å²) < 4.78 is 4.86. The van der Waals surface area contributed by atoms with Crippen LogP contribution in [0, 0.1) is 6.92 Å². The summed E-state index contributed by atoms with van der Waals surface area (Å²) in [5, 5.41) is 13.8.